The van der Waals surface area contributed by atoms with Gasteiger partial charge in [-0.05, 0) is 25.0 Å². The topological polar surface area (TPSA) is 0 Å². The Morgan fingerprint density at radius 3 is 2.23 bits per heavy atom. The van der Waals surface area contributed by atoms with Crippen LogP contribution in [0.5, 0.6) is 0 Å². The second-order valence-electron chi connectivity index (χ2n) is 4.32. The average molecular weight is 213 g/mol. The van der Waals surface area contributed by atoms with E-state index in [4.69, 9.17) is 11.6 Å². The summed E-state index contributed by atoms with van der Waals surface area (Å²) >= 11 is 5.98. The maximum absolute atomic E-state index is 5.98. The lowest BCUT2D eigenvalue weighted by Gasteiger charge is -2.20. The van der Waals surface area contributed by atoms with Crippen molar-refractivity contribution in [2.24, 2.45) is 0 Å². The largest absolute Gasteiger partial charge is 0.130 e. The molecule has 0 aromatic heterocycles. The highest BCUT2D eigenvalue weighted by molar-refractivity contribution is 6.94. The molecule has 0 nitrogen and oxygen atoms in total. The summed E-state index contributed by atoms with van der Waals surface area (Å²) in [5.74, 6) is 0. The zero-order valence-electron chi connectivity index (χ0n) is 8.82. The van der Waals surface area contributed by atoms with Gasteiger partial charge in [-0.15, -0.1) is 11.6 Å². The minimum absolute atomic E-state index is 0.801. The Labute approximate surface area is 86.9 Å². The normalized spacial score (nSPS) is 11.8. The fourth-order valence-electron chi connectivity index (χ4n) is 1.24. The summed E-state index contributed by atoms with van der Waals surface area (Å²) in [5, 5.41) is 1.46. The summed E-state index contributed by atoms with van der Waals surface area (Å²) in [6.45, 7) is 8.93. The van der Waals surface area contributed by atoms with Crippen LogP contribution in [0.3, 0.4) is 0 Å². The lowest BCUT2D eigenvalue weighted by Crippen LogP contribution is -2.43. The van der Waals surface area contributed by atoms with Crippen molar-refractivity contribution in [1.29, 1.82) is 0 Å². The van der Waals surface area contributed by atoms with Crippen LogP contribution in [0.2, 0.25) is 13.1 Å². The van der Waals surface area contributed by atoms with Crippen LogP contribution in [0.1, 0.15) is 11.1 Å². The van der Waals surface area contributed by atoms with Gasteiger partial charge in [-0.25, -0.2) is 0 Å². The fraction of sp³-hybridized carbons (Fsp3) is 0.455. The lowest BCUT2D eigenvalue weighted by atomic mass is 10.1. The molecule has 13 heavy (non-hydrogen) atoms. The minimum atomic E-state index is -1.34. The fourth-order valence-corrected chi connectivity index (χ4v) is 3.00. The summed E-state index contributed by atoms with van der Waals surface area (Å²) in [5.41, 5.74) is 3.54. The molecule has 0 aliphatic rings. The molecule has 0 radical (unpaired) electrons. The zero-order chi connectivity index (χ0) is 10.1. The first-order valence-electron chi connectivity index (χ1n) is 4.61. The van der Waals surface area contributed by atoms with E-state index >= 15 is 0 Å². The first-order valence-corrected chi connectivity index (χ1v) is 8.35. The molecule has 0 fully saturated rings. The molecule has 2 heteroatoms. The van der Waals surface area contributed by atoms with Crippen molar-refractivity contribution in [3.8, 4) is 0 Å². The standard InChI is InChI=1S/C11H17ClSi/c1-9-5-6-11(7-10(9)2)13(3,4)8-12/h5-7H,8H2,1-4H3. The van der Waals surface area contributed by atoms with Crippen molar-refractivity contribution in [3.63, 3.8) is 0 Å². The highest BCUT2D eigenvalue weighted by Crippen LogP contribution is 2.09. The van der Waals surface area contributed by atoms with E-state index in [9.17, 15) is 0 Å². The van der Waals surface area contributed by atoms with Crippen molar-refractivity contribution in [3.05, 3.63) is 29.3 Å². The van der Waals surface area contributed by atoms with Gasteiger partial charge >= 0.3 is 0 Å². The van der Waals surface area contributed by atoms with Crippen molar-refractivity contribution >= 4 is 24.9 Å². The van der Waals surface area contributed by atoms with Crippen LogP contribution in [0.4, 0.5) is 0 Å². The number of halogens is 1. The molecule has 0 unspecified atom stereocenters. The molecule has 0 N–H and O–H groups in total. The van der Waals surface area contributed by atoms with Gasteiger partial charge in [0.2, 0.25) is 0 Å². The van der Waals surface area contributed by atoms with Crippen LogP contribution in [-0.2, 0) is 0 Å². The van der Waals surface area contributed by atoms with E-state index in [1.807, 2.05) is 0 Å². The third-order valence-electron chi connectivity index (χ3n) is 2.62. The Bertz CT molecular complexity index is 305. The second-order valence-corrected chi connectivity index (χ2v) is 9.73. The third-order valence-corrected chi connectivity index (χ3v) is 7.17. The molecule has 1 aromatic rings. The van der Waals surface area contributed by atoms with Gasteiger partial charge in [0.15, 0.2) is 0 Å². The number of rotatable bonds is 2. The molecular formula is C11H17ClSi. The number of alkyl halides is 1. The minimum Gasteiger partial charge on any atom is -0.130 e. The van der Waals surface area contributed by atoms with Crippen LogP contribution in [-0.4, -0.2) is 13.6 Å². The number of hydrogen-bond donors (Lipinski definition) is 0. The van der Waals surface area contributed by atoms with E-state index in [1.165, 1.54) is 16.3 Å². The Kier molecular flexibility index (Phi) is 3.20. The third kappa shape index (κ3) is 2.35. The second kappa shape index (κ2) is 3.85. The summed E-state index contributed by atoms with van der Waals surface area (Å²) in [6, 6.07) is 6.73. The molecule has 0 aliphatic carbocycles. The first-order chi connectivity index (χ1) is 5.97. The van der Waals surface area contributed by atoms with Gasteiger partial charge in [0, 0.05) is 5.50 Å². The summed E-state index contributed by atoms with van der Waals surface area (Å²) < 4.78 is 0. The van der Waals surface area contributed by atoms with E-state index in [2.05, 4.69) is 45.1 Å². The van der Waals surface area contributed by atoms with E-state index < -0.39 is 8.07 Å². The van der Waals surface area contributed by atoms with E-state index in [0.717, 1.165) is 5.50 Å². The van der Waals surface area contributed by atoms with Crippen LogP contribution in [0.15, 0.2) is 18.2 Å². The van der Waals surface area contributed by atoms with Gasteiger partial charge in [0.1, 0.15) is 0 Å². The predicted molar refractivity (Wildman–Crippen MR) is 63.8 cm³/mol. The quantitative estimate of drug-likeness (QED) is 0.523. The Morgan fingerprint density at radius 2 is 1.77 bits per heavy atom. The van der Waals surface area contributed by atoms with Gasteiger partial charge < -0.3 is 0 Å². The average Bonchev–Trinajstić information content (AvgIpc) is 2.09. The number of aryl methyl sites for hydroxylation is 2. The predicted octanol–water partition coefficient (Wildman–Crippen LogP) is 3.00. The SMILES string of the molecule is Cc1ccc([Si](C)(C)CCl)cc1C. The molecule has 0 saturated heterocycles. The molecule has 0 atom stereocenters. The maximum atomic E-state index is 5.98. The van der Waals surface area contributed by atoms with E-state index in [1.54, 1.807) is 0 Å². The Hall–Kier alpha value is -0.273. The molecular weight excluding hydrogens is 196 g/mol. The molecule has 1 rings (SSSR count). The molecule has 0 heterocycles. The number of benzene rings is 1. The lowest BCUT2D eigenvalue weighted by molar-refractivity contribution is 1.35. The van der Waals surface area contributed by atoms with E-state index in [0.29, 0.717) is 0 Å². The Balaban J connectivity index is 3.10. The van der Waals surface area contributed by atoms with Crippen LogP contribution < -0.4 is 5.19 Å². The van der Waals surface area contributed by atoms with Gasteiger partial charge in [-0.3, -0.25) is 0 Å². The smallest absolute Gasteiger partial charge is 0.0959 e. The summed E-state index contributed by atoms with van der Waals surface area (Å²) in [7, 11) is -1.34. The molecule has 0 spiro atoms. The molecule has 1 aromatic carbocycles. The molecule has 72 valence electrons. The Morgan fingerprint density at radius 1 is 1.15 bits per heavy atom. The van der Waals surface area contributed by atoms with Crippen molar-refractivity contribution in [2.75, 3.05) is 5.50 Å². The zero-order valence-corrected chi connectivity index (χ0v) is 10.6. The molecule has 0 bridgehead atoms. The van der Waals surface area contributed by atoms with E-state index in [-0.39, 0.29) is 0 Å². The molecule has 0 saturated carbocycles. The van der Waals surface area contributed by atoms with Gasteiger partial charge in [0.25, 0.3) is 0 Å². The maximum Gasteiger partial charge on any atom is 0.0959 e. The van der Waals surface area contributed by atoms with Crippen molar-refractivity contribution in [1.82, 2.24) is 0 Å². The van der Waals surface area contributed by atoms with Crippen molar-refractivity contribution < 1.29 is 0 Å². The van der Waals surface area contributed by atoms with Crippen LogP contribution >= 0.6 is 11.6 Å². The highest BCUT2D eigenvalue weighted by atomic mass is 35.5. The van der Waals surface area contributed by atoms with Crippen LogP contribution in [0, 0.1) is 13.8 Å². The number of hydrogen-bond acceptors (Lipinski definition) is 0. The summed E-state index contributed by atoms with van der Waals surface area (Å²) in [6.07, 6.45) is 0. The van der Waals surface area contributed by atoms with Crippen molar-refractivity contribution in [2.45, 2.75) is 26.9 Å². The van der Waals surface area contributed by atoms with Gasteiger partial charge in [-0.1, -0.05) is 36.5 Å². The van der Waals surface area contributed by atoms with Gasteiger partial charge in [0.05, 0.1) is 8.07 Å². The first kappa shape index (κ1) is 10.8. The molecule has 0 aliphatic heterocycles. The van der Waals surface area contributed by atoms with Gasteiger partial charge in [-0.2, -0.15) is 0 Å². The highest BCUT2D eigenvalue weighted by Gasteiger charge is 2.21. The summed E-state index contributed by atoms with van der Waals surface area (Å²) in [4.78, 5) is 0. The monoisotopic (exact) mass is 212 g/mol. The molecule has 0 amide bonds. The van der Waals surface area contributed by atoms with Crippen LogP contribution in [0.25, 0.3) is 0 Å².